The number of hydrogen-bond donors (Lipinski definition) is 1. The van der Waals surface area contributed by atoms with Crippen LogP contribution in [0.15, 0.2) is 18.3 Å². The number of hydrogen-bond acceptors (Lipinski definition) is 5. The lowest BCUT2D eigenvalue weighted by molar-refractivity contribution is -0.235. The molecule has 1 aromatic rings. The quantitative estimate of drug-likeness (QED) is 0.519. The van der Waals surface area contributed by atoms with Gasteiger partial charge < -0.3 is 14.8 Å². The molecule has 1 amide bonds. The first kappa shape index (κ1) is 21.4. The van der Waals surface area contributed by atoms with Crippen LogP contribution in [-0.4, -0.2) is 29.8 Å². The van der Waals surface area contributed by atoms with Crippen LogP contribution in [0.2, 0.25) is 0 Å². The highest BCUT2D eigenvalue weighted by Gasteiger charge is 2.44. The fraction of sp³-hybridized carbons (Fsp3) is 0.667. The average Bonchev–Trinajstić information content (AvgIpc) is 3.17. The molecule has 0 aromatic carbocycles. The number of nitrogens with one attached hydrogen (secondary N) is 1. The van der Waals surface area contributed by atoms with E-state index in [4.69, 9.17) is 9.47 Å². The van der Waals surface area contributed by atoms with Gasteiger partial charge in [0, 0.05) is 38.5 Å². The van der Waals surface area contributed by atoms with E-state index in [1.165, 1.54) is 5.56 Å². The number of pyridine rings is 1. The lowest BCUT2D eigenvalue weighted by Crippen LogP contribution is -2.41. The van der Waals surface area contributed by atoms with E-state index in [0.717, 1.165) is 32.1 Å². The number of rotatable bonds is 9. The summed E-state index contributed by atoms with van der Waals surface area (Å²) in [5.74, 6) is -0.841. The van der Waals surface area contributed by atoms with Crippen LogP contribution < -0.4 is 5.32 Å². The summed E-state index contributed by atoms with van der Waals surface area (Å²) in [6.45, 7) is 5.70. The zero-order chi connectivity index (χ0) is 19.9. The summed E-state index contributed by atoms with van der Waals surface area (Å²) in [5, 5.41) is 2.94. The molecule has 27 heavy (non-hydrogen) atoms. The molecule has 0 radical (unpaired) electrons. The third kappa shape index (κ3) is 5.76. The molecule has 6 heteroatoms. The van der Waals surface area contributed by atoms with Gasteiger partial charge in [-0.25, -0.2) is 4.98 Å². The monoisotopic (exact) mass is 376 g/mol. The van der Waals surface area contributed by atoms with E-state index in [0.29, 0.717) is 18.7 Å². The molecular weight excluding hydrogens is 344 g/mol. The molecule has 3 atom stereocenters. The van der Waals surface area contributed by atoms with Gasteiger partial charge >= 0.3 is 5.97 Å². The topological polar surface area (TPSA) is 77.5 Å². The van der Waals surface area contributed by atoms with Crippen LogP contribution in [0.5, 0.6) is 0 Å². The van der Waals surface area contributed by atoms with Crippen molar-refractivity contribution < 1.29 is 19.1 Å². The molecule has 0 bridgehead atoms. The van der Waals surface area contributed by atoms with E-state index >= 15 is 0 Å². The van der Waals surface area contributed by atoms with E-state index in [1.54, 1.807) is 27.2 Å². The molecule has 0 aliphatic heterocycles. The number of nitrogens with zero attached hydrogens (tertiary/aromatic N) is 1. The van der Waals surface area contributed by atoms with Crippen molar-refractivity contribution in [2.75, 3.05) is 12.4 Å². The van der Waals surface area contributed by atoms with Crippen molar-refractivity contribution in [3.63, 3.8) is 0 Å². The Kier molecular flexibility index (Phi) is 7.78. The van der Waals surface area contributed by atoms with Crippen molar-refractivity contribution in [2.45, 2.75) is 71.5 Å². The first-order valence-corrected chi connectivity index (χ1v) is 9.94. The minimum atomic E-state index is -0.986. The molecular formula is C21H32N2O4. The second kappa shape index (κ2) is 9.83. The minimum Gasteiger partial charge on any atom is -0.433 e. The SMILES string of the molecule is CCCCc1ccnc(NC(=O)C2CCC(C(C)(OC)OC(=O)CC)C2)c1. The maximum atomic E-state index is 12.7. The molecule has 0 spiro atoms. The fourth-order valence-electron chi connectivity index (χ4n) is 3.59. The van der Waals surface area contributed by atoms with Gasteiger partial charge in [0.15, 0.2) is 0 Å². The summed E-state index contributed by atoms with van der Waals surface area (Å²) in [5.41, 5.74) is 1.19. The normalized spacial score (nSPS) is 21.5. The summed E-state index contributed by atoms with van der Waals surface area (Å²) in [4.78, 5) is 28.7. The van der Waals surface area contributed by atoms with E-state index in [2.05, 4.69) is 17.2 Å². The first-order valence-electron chi connectivity index (χ1n) is 9.94. The summed E-state index contributed by atoms with van der Waals surface area (Å²) < 4.78 is 11.0. The summed E-state index contributed by atoms with van der Waals surface area (Å²) in [6.07, 6.45) is 7.44. The molecule has 1 aliphatic rings. The van der Waals surface area contributed by atoms with Gasteiger partial charge in [-0.05, 0) is 49.8 Å². The van der Waals surface area contributed by atoms with Crippen molar-refractivity contribution in [1.29, 1.82) is 0 Å². The molecule has 6 nitrogen and oxygen atoms in total. The minimum absolute atomic E-state index is 0.00222. The highest BCUT2D eigenvalue weighted by molar-refractivity contribution is 5.91. The molecule has 1 aromatic heterocycles. The largest absolute Gasteiger partial charge is 0.433 e. The van der Waals surface area contributed by atoms with Crippen LogP contribution in [0.3, 0.4) is 0 Å². The van der Waals surface area contributed by atoms with Gasteiger partial charge in [0.05, 0.1) is 0 Å². The maximum Gasteiger partial charge on any atom is 0.308 e. The zero-order valence-electron chi connectivity index (χ0n) is 16.9. The average molecular weight is 376 g/mol. The summed E-state index contributed by atoms with van der Waals surface area (Å²) in [7, 11) is 1.54. The smallest absolute Gasteiger partial charge is 0.308 e. The Labute approximate surface area is 162 Å². The number of amides is 1. The van der Waals surface area contributed by atoms with Crippen LogP contribution in [-0.2, 0) is 25.5 Å². The number of anilines is 1. The fourth-order valence-corrected chi connectivity index (χ4v) is 3.59. The molecule has 150 valence electrons. The molecule has 2 rings (SSSR count). The Morgan fingerprint density at radius 1 is 1.33 bits per heavy atom. The third-order valence-corrected chi connectivity index (χ3v) is 5.45. The Morgan fingerprint density at radius 3 is 2.78 bits per heavy atom. The van der Waals surface area contributed by atoms with Crippen molar-refractivity contribution in [1.82, 2.24) is 4.98 Å². The maximum absolute atomic E-state index is 12.7. The van der Waals surface area contributed by atoms with Crippen molar-refractivity contribution in [3.8, 4) is 0 Å². The molecule has 0 saturated heterocycles. The van der Waals surface area contributed by atoms with Crippen molar-refractivity contribution in [2.24, 2.45) is 11.8 Å². The molecule has 1 fully saturated rings. The highest BCUT2D eigenvalue weighted by atomic mass is 16.7. The van der Waals surface area contributed by atoms with Crippen molar-refractivity contribution >= 4 is 17.7 Å². The van der Waals surface area contributed by atoms with Gasteiger partial charge in [0.1, 0.15) is 5.82 Å². The van der Waals surface area contributed by atoms with Gasteiger partial charge in [0.25, 0.3) is 0 Å². The van der Waals surface area contributed by atoms with Gasteiger partial charge in [-0.1, -0.05) is 20.3 Å². The van der Waals surface area contributed by atoms with E-state index < -0.39 is 5.79 Å². The predicted octanol–water partition coefficient (Wildman–Crippen LogP) is 4.09. The Balaban J connectivity index is 1.96. The number of ether oxygens (including phenoxy) is 2. The van der Waals surface area contributed by atoms with Crippen LogP contribution in [0.4, 0.5) is 5.82 Å². The Morgan fingerprint density at radius 2 is 2.11 bits per heavy atom. The van der Waals surface area contributed by atoms with Crippen LogP contribution in [0, 0.1) is 11.8 Å². The number of carbonyl (C=O) groups excluding carboxylic acids is 2. The second-order valence-corrected chi connectivity index (χ2v) is 7.40. The number of aromatic nitrogens is 1. The van der Waals surface area contributed by atoms with Gasteiger partial charge in [0.2, 0.25) is 11.7 Å². The predicted molar refractivity (Wildman–Crippen MR) is 104 cm³/mol. The third-order valence-electron chi connectivity index (χ3n) is 5.45. The van der Waals surface area contributed by atoms with E-state index in [1.807, 2.05) is 12.1 Å². The van der Waals surface area contributed by atoms with Crippen LogP contribution in [0.25, 0.3) is 0 Å². The van der Waals surface area contributed by atoms with Crippen molar-refractivity contribution in [3.05, 3.63) is 23.9 Å². The van der Waals surface area contributed by atoms with Gasteiger partial charge in [-0.2, -0.15) is 0 Å². The molecule has 1 N–H and O–H groups in total. The highest BCUT2D eigenvalue weighted by Crippen LogP contribution is 2.40. The van der Waals surface area contributed by atoms with Crippen LogP contribution in [0.1, 0.15) is 64.9 Å². The number of esters is 1. The second-order valence-electron chi connectivity index (χ2n) is 7.40. The zero-order valence-corrected chi connectivity index (χ0v) is 16.9. The number of carbonyl (C=O) groups is 2. The number of aryl methyl sites for hydroxylation is 1. The standard InChI is InChI=1S/C21H32N2O4/c1-5-7-8-15-11-12-22-18(13-15)23-20(25)16-9-10-17(14-16)21(3,26-4)27-19(24)6-2/h11-13,16-17H,5-10,14H2,1-4H3,(H,22,23,25). The Hall–Kier alpha value is -1.95. The first-order chi connectivity index (χ1) is 12.9. The van der Waals surface area contributed by atoms with E-state index in [9.17, 15) is 9.59 Å². The molecule has 3 unspecified atom stereocenters. The van der Waals surface area contributed by atoms with Crippen LogP contribution >= 0.6 is 0 Å². The summed E-state index contributed by atoms with van der Waals surface area (Å²) in [6, 6.07) is 3.94. The number of unbranched alkanes of at least 4 members (excludes halogenated alkanes) is 1. The van der Waals surface area contributed by atoms with Gasteiger partial charge in [-0.15, -0.1) is 0 Å². The lowest BCUT2D eigenvalue weighted by Gasteiger charge is -2.33. The summed E-state index contributed by atoms with van der Waals surface area (Å²) >= 11 is 0. The molecule has 1 saturated carbocycles. The number of methoxy groups -OCH3 is 1. The lowest BCUT2D eigenvalue weighted by atomic mass is 9.96. The molecule has 1 heterocycles. The van der Waals surface area contributed by atoms with Gasteiger partial charge in [-0.3, -0.25) is 9.59 Å². The molecule has 1 aliphatic carbocycles. The van der Waals surface area contributed by atoms with E-state index in [-0.39, 0.29) is 23.7 Å². The Bertz CT molecular complexity index is 649.